The van der Waals surface area contributed by atoms with Crippen LogP contribution in [0.3, 0.4) is 0 Å². The van der Waals surface area contributed by atoms with Gasteiger partial charge in [-0.05, 0) is 31.2 Å². The summed E-state index contributed by atoms with van der Waals surface area (Å²) in [6.07, 6.45) is 1.30. The lowest BCUT2D eigenvalue weighted by atomic mass is 10.2. The standard InChI is InChI=1S/C30H33FN6O5S2/c1-21-28(44(40,41)37-17-15-34(16-18-37)24-9-5-6-10-25(24)42-2)27-29(43-21)32-20-36(30(27)39)19-26(38)35-13-11-33(12-14-35)23-8-4-3-7-22(23)31/h3-10,20H,11-19H2,1-2H3. The molecule has 11 nitrogen and oxygen atoms in total. The Morgan fingerprint density at radius 1 is 0.932 bits per heavy atom. The molecule has 2 aliphatic heterocycles. The minimum absolute atomic E-state index is 0.0133. The van der Waals surface area contributed by atoms with Gasteiger partial charge in [-0.15, -0.1) is 11.3 Å². The number of aryl methyl sites for hydroxylation is 1. The Morgan fingerprint density at radius 2 is 1.55 bits per heavy atom. The summed E-state index contributed by atoms with van der Waals surface area (Å²) in [5.41, 5.74) is 0.826. The van der Waals surface area contributed by atoms with Crippen molar-refractivity contribution in [2.24, 2.45) is 0 Å². The molecule has 2 saturated heterocycles. The number of carbonyl (C=O) groups excluding carboxylic acids is 1. The van der Waals surface area contributed by atoms with E-state index in [4.69, 9.17) is 4.74 Å². The van der Waals surface area contributed by atoms with Crippen LogP contribution in [0.25, 0.3) is 10.2 Å². The predicted octanol–water partition coefficient (Wildman–Crippen LogP) is 2.77. The Hall–Kier alpha value is -4.01. The lowest BCUT2D eigenvalue weighted by Crippen LogP contribution is -2.50. The molecule has 4 aromatic rings. The van der Waals surface area contributed by atoms with E-state index in [0.717, 1.165) is 22.8 Å². The molecule has 6 rings (SSSR count). The number of hydrogen-bond donors (Lipinski definition) is 0. The van der Waals surface area contributed by atoms with Gasteiger partial charge in [0.05, 0.1) is 30.2 Å². The molecular formula is C30H33FN6O5S2. The van der Waals surface area contributed by atoms with Crippen molar-refractivity contribution in [3.63, 3.8) is 0 Å². The minimum Gasteiger partial charge on any atom is -0.495 e. The molecule has 44 heavy (non-hydrogen) atoms. The van der Waals surface area contributed by atoms with Gasteiger partial charge >= 0.3 is 0 Å². The summed E-state index contributed by atoms with van der Waals surface area (Å²) in [5.74, 6) is 0.121. The minimum atomic E-state index is -4.02. The van der Waals surface area contributed by atoms with Crippen LogP contribution in [-0.2, 0) is 21.4 Å². The molecular weight excluding hydrogens is 607 g/mol. The summed E-state index contributed by atoms with van der Waals surface area (Å²) >= 11 is 1.15. The molecule has 0 aliphatic carbocycles. The number of amides is 1. The average molecular weight is 641 g/mol. The molecule has 2 aliphatic rings. The number of methoxy groups -OCH3 is 1. The third kappa shape index (κ3) is 5.53. The second-order valence-electron chi connectivity index (χ2n) is 10.7. The fraction of sp³-hybridized carbons (Fsp3) is 0.367. The number of piperazine rings is 2. The van der Waals surface area contributed by atoms with Gasteiger partial charge in [0, 0.05) is 57.2 Å². The lowest BCUT2D eigenvalue weighted by molar-refractivity contribution is -0.132. The van der Waals surface area contributed by atoms with E-state index in [1.807, 2.05) is 29.2 Å². The number of para-hydroxylation sites is 3. The van der Waals surface area contributed by atoms with E-state index in [9.17, 15) is 22.4 Å². The van der Waals surface area contributed by atoms with Gasteiger partial charge in [0.25, 0.3) is 5.56 Å². The number of nitrogens with zero attached hydrogens (tertiary/aromatic N) is 6. The summed E-state index contributed by atoms with van der Waals surface area (Å²) in [4.78, 5) is 37.6. The van der Waals surface area contributed by atoms with Gasteiger partial charge in [-0.1, -0.05) is 24.3 Å². The zero-order valence-corrected chi connectivity index (χ0v) is 26.1. The Balaban J connectivity index is 1.19. The fourth-order valence-corrected chi connectivity index (χ4v) is 8.97. The molecule has 2 aromatic heterocycles. The van der Waals surface area contributed by atoms with Crippen molar-refractivity contribution in [1.29, 1.82) is 0 Å². The number of thiophene rings is 1. The van der Waals surface area contributed by atoms with Gasteiger partial charge in [-0.2, -0.15) is 4.31 Å². The molecule has 0 radical (unpaired) electrons. The third-order valence-electron chi connectivity index (χ3n) is 8.19. The largest absolute Gasteiger partial charge is 0.495 e. The topological polar surface area (TPSA) is 108 Å². The molecule has 0 N–H and O–H groups in total. The summed E-state index contributed by atoms with van der Waals surface area (Å²) in [7, 11) is -2.42. The zero-order chi connectivity index (χ0) is 31.0. The Kier molecular flexibility index (Phi) is 8.31. The molecule has 0 unspecified atom stereocenters. The predicted molar refractivity (Wildman–Crippen MR) is 168 cm³/mol. The van der Waals surface area contributed by atoms with Crippen molar-refractivity contribution in [2.45, 2.75) is 18.4 Å². The maximum absolute atomic E-state index is 14.2. The number of fused-ring (bicyclic) bond motifs is 1. The van der Waals surface area contributed by atoms with Crippen LogP contribution in [0.2, 0.25) is 0 Å². The average Bonchev–Trinajstić information content (AvgIpc) is 3.40. The Labute approximate surface area is 258 Å². The van der Waals surface area contributed by atoms with E-state index in [-0.39, 0.29) is 41.6 Å². The molecule has 2 fully saturated rings. The first-order chi connectivity index (χ1) is 21.2. The Bertz CT molecular complexity index is 1860. The van der Waals surface area contributed by atoms with Gasteiger partial charge < -0.3 is 19.4 Å². The van der Waals surface area contributed by atoms with Crippen LogP contribution in [0, 0.1) is 12.7 Å². The van der Waals surface area contributed by atoms with Gasteiger partial charge in [0.1, 0.15) is 27.8 Å². The van der Waals surface area contributed by atoms with Crippen LogP contribution in [0.1, 0.15) is 4.88 Å². The third-order valence-corrected chi connectivity index (χ3v) is 11.4. The van der Waals surface area contributed by atoms with Crippen LogP contribution in [-0.4, -0.2) is 92.5 Å². The van der Waals surface area contributed by atoms with Gasteiger partial charge in [-0.25, -0.2) is 17.8 Å². The maximum Gasteiger partial charge on any atom is 0.263 e. The molecule has 1 amide bonds. The van der Waals surface area contributed by atoms with Crippen molar-refractivity contribution in [3.05, 3.63) is 75.9 Å². The van der Waals surface area contributed by atoms with E-state index in [1.54, 1.807) is 37.1 Å². The zero-order valence-electron chi connectivity index (χ0n) is 24.5. The van der Waals surface area contributed by atoms with Crippen molar-refractivity contribution >= 4 is 48.9 Å². The quantitative estimate of drug-likeness (QED) is 0.304. The molecule has 0 bridgehead atoms. The Morgan fingerprint density at radius 3 is 2.23 bits per heavy atom. The highest BCUT2D eigenvalue weighted by atomic mass is 32.2. The number of halogens is 1. The molecule has 4 heterocycles. The summed E-state index contributed by atoms with van der Waals surface area (Å²) in [6.45, 7) is 4.45. The first-order valence-corrected chi connectivity index (χ1v) is 16.6. The van der Waals surface area contributed by atoms with Gasteiger partial charge in [0.15, 0.2) is 0 Å². The molecule has 0 spiro atoms. The van der Waals surface area contributed by atoms with Crippen LogP contribution in [0.5, 0.6) is 5.75 Å². The summed E-state index contributed by atoms with van der Waals surface area (Å²) in [6, 6.07) is 14.1. The highest BCUT2D eigenvalue weighted by Gasteiger charge is 2.34. The van der Waals surface area contributed by atoms with E-state index in [0.29, 0.717) is 54.7 Å². The number of ether oxygens (including phenoxy) is 1. The van der Waals surface area contributed by atoms with Crippen molar-refractivity contribution in [3.8, 4) is 5.75 Å². The van der Waals surface area contributed by atoms with Crippen molar-refractivity contribution in [1.82, 2.24) is 18.8 Å². The van der Waals surface area contributed by atoms with Gasteiger partial charge in [-0.3, -0.25) is 14.2 Å². The number of carbonyl (C=O) groups is 1. The van der Waals surface area contributed by atoms with Crippen LogP contribution >= 0.6 is 11.3 Å². The van der Waals surface area contributed by atoms with Crippen molar-refractivity contribution < 1.29 is 22.3 Å². The molecule has 14 heteroatoms. The normalized spacial score (nSPS) is 16.5. The fourth-order valence-electron chi connectivity index (χ4n) is 5.88. The highest BCUT2D eigenvalue weighted by molar-refractivity contribution is 7.89. The van der Waals surface area contributed by atoms with Crippen molar-refractivity contribution in [2.75, 3.05) is 69.3 Å². The number of aromatic nitrogens is 2. The van der Waals surface area contributed by atoms with E-state index in [1.165, 1.54) is 21.3 Å². The van der Waals surface area contributed by atoms with Crippen LogP contribution < -0.4 is 20.1 Å². The number of hydrogen-bond acceptors (Lipinski definition) is 9. The van der Waals surface area contributed by atoms with E-state index < -0.39 is 15.6 Å². The number of anilines is 2. The molecule has 2 aromatic carbocycles. The second-order valence-corrected chi connectivity index (χ2v) is 13.8. The first-order valence-electron chi connectivity index (χ1n) is 14.3. The van der Waals surface area contributed by atoms with E-state index >= 15 is 0 Å². The summed E-state index contributed by atoms with van der Waals surface area (Å²) in [5, 5.41) is 0.0133. The van der Waals surface area contributed by atoms with Crippen LogP contribution in [0.4, 0.5) is 15.8 Å². The highest BCUT2D eigenvalue weighted by Crippen LogP contribution is 2.34. The van der Waals surface area contributed by atoms with Gasteiger partial charge in [0.2, 0.25) is 15.9 Å². The lowest BCUT2D eigenvalue weighted by Gasteiger charge is -2.36. The smallest absolute Gasteiger partial charge is 0.263 e. The molecule has 0 saturated carbocycles. The maximum atomic E-state index is 14.2. The first kappa shape index (κ1) is 30.0. The molecule has 232 valence electrons. The van der Waals surface area contributed by atoms with Crippen LogP contribution in [0.15, 0.2) is 64.5 Å². The molecule has 0 atom stereocenters. The number of rotatable bonds is 7. The monoisotopic (exact) mass is 640 g/mol. The number of sulfonamides is 1. The number of benzene rings is 2. The van der Waals surface area contributed by atoms with E-state index in [2.05, 4.69) is 9.88 Å². The second kappa shape index (κ2) is 12.2. The summed E-state index contributed by atoms with van der Waals surface area (Å²) < 4.78 is 50.2. The SMILES string of the molecule is COc1ccccc1N1CCN(S(=O)(=O)c2c(C)sc3ncn(CC(=O)N4CCN(c5ccccc5F)CC4)c(=O)c23)CC1.